The molecule has 0 atom stereocenters. The van der Waals surface area contributed by atoms with E-state index in [9.17, 15) is 8.42 Å². The van der Waals surface area contributed by atoms with E-state index in [-0.39, 0.29) is 11.1 Å². The first kappa shape index (κ1) is 13.8. The van der Waals surface area contributed by atoms with Crippen LogP contribution >= 0.6 is 0 Å². The number of sulfonamides is 1. The van der Waals surface area contributed by atoms with Gasteiger partial charge in [-0.05, 0) is 39.0 Å². The van der Waals surface area contributed by atoms with Gasteiger partial charge in [0.15, 0.2) is 5.03 Å². The van der Waals surface area contributed by atoms with Crippen molar-refractivity contribution < 1.29 is 8.42 Å². The molecule has 0 bridgehead atoms. The van der Waals surface area contributed by atoms with Crippen molar-refractivity contribution in [3.63, 3.8) is 0 Å². The van der Waals surface area contributed by atoms with Gasteiger partial charge in [-0.25, -0.2) is 17.8 Å². The highest BCUT2D eigenvalue weighted by Crippen LogP contribution is 2.15. The molecule has 1 heterocycles. The molecule has 0 amide bonds. The van der Waals surface area contributed by atoms with Crippen LogP contribution < -0.4 is 4.72 Å². The van der Waals surface area contributed by atoms with Crippen LogP contribution in [-0.4, -0.2) is 24.2 Å². The maximum absolute atomic E-state index is 12.2. The lowest BCUT2D eigenvalue weighted by molar-refractivity contribution is 0.560. The molecule has 19 heavy (non-hydrogen) atoms. The zero-order valence-corrected chi connectivity index (χ0v) is 12.0. The summed E-state index contributed by atoms with van der Waals surface area (Å²) in [4.78, 5) is 0. The Labute approximate surface area is 113 Å². The van der Waals surface area contributed by atoms with E-state index in [2.05, 4.69) is 9.82 Å². The van der Waals surface area contributed by atoms with Crippen LogP contribution in [0.2, 0.25) is 0 Å². The maximum Gasteiger partial charge on any atom is 0.258 e. The van der Waals surface area contributed by atoms with Crippen molar-refractivity contribution in [1.29, 1.82) is 0 Å². The third-order valence-corrected chi connectivity index (χ3v) is 4.19. The van der Waals surface area contributed by atoms with Crippen LogP contribution in [0.25, 0.3) is 5.69 Å². The second-order valence-electron chi connectivity index (χ2n) is 4.69. The van der Waals surface area contributed by atoms with Crippen molar-refractivity contribution in [2.24, 2.45) is 0 Å². The smallest absolute Gasteiger partial charge is 0.221 e. The van der Waals surface area contributed by atoms with Crippen LogP contribution in [0, 0.1) is 6.92 Å². The molecular weight excluding hydrogens is 262 g/mol. The van der Waals surface area contributed by atoms with Crippen LogP contribution in [0.15, 0.2) is 41.6 Å². The molecule has 0 aliphatic rings. The molecule has 0 radical (unpaired) electrons. The first-order valence-corrected chi connectivity index (χ1v) is 7.52. The van der Waals surface area contributed by atoms with Gasteiger partial charge in [0.25, 0.3) is 10.0 Å². The van der Waals surface area contributed by atoms with Crippen LogP contribution in [-0.2, 0) is 10.0 Å². The van der Waals surface area contributed by atoms with Crippen molar-refractivity contribution >= 4 is 10.0 Å². The average Bonchev–Trinajstić information content (AvgIpc) is 2.78. The van der Waals surface area contributed by atoms with Gasteiger partial charge < -0.3 is 0 Å². The van der Waals surface area contributed by atoms with Crippen molar-refractivity contribution in [3.8, 4) is 5.69 Å². The Morgan fingerprint density at radius 3 is 2.37 bits per heavy atom. The van der Waals surface area contributed by atoms with Crippen LogP contribution in [0.5, 0.6) is 0 Å². The first-order valence-electron chi connectivity index (χ1n) is 6.03. The van der Waals surface area contributed by atoms with E-state index < -0.39 is 10.0 Å². The molecule has 1 N–H and O–H groups in total. The van der Waals surface area contributed by atoms with Crippen LogP contribution in [0.4, 0.5) is 0 Å². The van der Waals surface area contributed by atoms with E-state index in [1.54, 1.807) is 13.8 Å². The molecule has 1 aromatic carbocycles. The number of benzene rings is 1. The van der Waals surface area contributed by atoms with E-state index in [4.69, 9.17) is 0 Å². The van der Waals surface area contributed by atoms with Gasteiger partial charge in [0.1, 0.15) is 0 Å². The van der Waals surface area contributed by atoms with Gasteiger partial charge in [-0.15, -0.1) is 0 Å². The second-order valence-corrected chi connectivity index (χ2v) is 6.35. The zero-order valence-electron chi connectivity index (χ0n) is 11.2. The number of hydrogen-bond acceptors (Lipinski definition) is 3. The summed E-state index contributed by atoms with van der Waals surface area (Å²) in [6.45, 7) is 5.54. The number of rotatable bonds is 4. The molecule has 2 aromatic rings. The summed E-state index contributed by atoms with van der Waals surface area (Å²) in [6.07, 6.45) is 1.48. The fourth-order valence-electron chi connectivity index (χ4n) is 1.75. The zero-order chi connectivity index (χ0) is 14.0. The third-order valence-electron chi connectivity index (χ3n) is 2.55. The molecule has 0 spiro atoms. The summed E-state index contributed by atoms with van der Waals surface area (Å²) in [7, 11) is -3.55. The van der Waals surface area contributed by atoms with E-state index in [0.29, 0.717) is 0 Å². The van der Waals surface area contributed by atoms with E-state index >= 15 is 0 Å². The summed E-state index contributed by atoms with van der Waals surface area (Å²) in [5.41, 5.74) is 1.83. The lowest BCUT2D eigenvalue weighted by Crippen LogP contribution is -2.31. The van der Waals surface area contributed by atoms with Crippen LogP contribution in [0.1, 0.15) is 19.4 Å². The minimum atomic E-state index is -3.55. The third kappa shape index (κ3) is 3.02. The van der Waals surface area contributed by atoms with Gasteiger partial charge in [0.05, 0.1) is 11.9 Å². The number of aromatic nitrogens is 2. The summed E-state index contributed by atoms with van der Waals surface area (Å²) in [6, 6.07) is 8.86. The fraction of sp³-hybridized carbons (Fsp3) is 0.308. The highest BCUT2D eigenvalue weighted by atomic mass is 32.2. The molecular formula is C13H17N3O2S. The van der Waals surface area contributed by atoms with Crippen LogP contribution in [0.3, 0.4) is 0 Å². The number of nitrogens with zero attached hydrogens (tertiary/aromatic N) is 2. The molecule has 5 nitrogen and oxygen atoms in total. The fourth-order valence-corrected chi connectivity index (χ4v) is 3.11. The predicted octanol–water partition coefficient (Wildman–Crippen LogP) is 1.87. The lowest BCUT2D eigenvalue weighted by atomic mass is 10.2. The summed E-state index contributed by atoms with van der Waals surface area (Å²) < 4.78 is 28.4. The molecule has 0 unspecified atom stereocenters. The van der Waals surface area contributed by atoms with E-state index in [1.165, 1.54) is 16.9 Å². The topological polar surface area (TPSA) is 64.0 Å². The normalized spacial score (nSPS) is 12.0. The second kappa shape index (κ2) is 5.14. The van der Waals surface area contributed by atoms with Gasteiger partial charge in [0, 0.05) is 6.04 Å². The molecule has 102 valence electrons. The van der Waals surface area contributed by atoms with Crippen molar-refractivity contribution in [3.05, 3.63) is 42.1 Å². The molecule has 0 aliphatic heterocycles. The standard InChI is InChI=1S/C13H17N3O2S/c1-10(2)15-19(17,18)13-8-9-14-16(13)12-6-4-11(3)5-7-12/h4-10,15H,1-3H3. The highest BCUT2D eigenvalue weighted by Gasteiger charge is 2.20. The molecule has 0 saturated heterocycles. The monoisotopic (exact) mass is 279 g/mol. The Hall–Kier alpha value is -1.66. The number of aryl methyl sites for hydroxylation is 1. The highest BCUT2D eigenvalue weighted by molar-refractivity contribution is 7.89. The van der Waals surface area contributed by atoms with E-state index in [1.807, 2.05) is 31.2 Å². The Morgan fingerprint density at radius 2 is 1.79 bits per heavy atom. The largest absolute Gasteiger partial charge is 0.258 e. The first-order chi connectivity index (χ1) is 8.90. The average molecular weight is 279 g/mol. The van der Waals surface area contributed by atoms with E-state index in [0.717, 1.165) is 11.3 Å². The van der Waals surface area contributed by atoms with Gasteiger partial charge in [0.2, 0.25) is 0 Å². The predicted molar refractivity (Wildman–Crippen MR) is 73.8 cm³/mol. The SMILES string of the molecule is Cc1ccc(-n2nccc2S(=O)(=O)NC(C)C)cc1. The van der Waals surface area contributed by atoms with Gasteiger partial charge in [-0.3, -0.25) is 0 Å². The summed E-state index contributed by atoms with van der Waals surface area (Å²) in [5.74, 6) is 0. The van der Waals surface area contributed by atoms with Crippen molar-refractivity contribution in [2.75, 3.05) is 0 Å². The Bertz CT molecular complexity index is 657. The Balaban J connectivity index is 2.46. The molecule has 2 rings (SSSR count). The number of nitrogens with one attached hydrogen (secondary N) is 1. The lowest BCUT2D eigenvalue weighted by Gasteiger charge is -2.11. The molecule has 1 aromatic heterocycles. The van der Waals surface area contributed by atoms with Gasteiger partial charge in [-0.2, -0.15) is 5.10 Å². The summed E-state index contributed by atoms with van der Waals surface area (Å²) in [5, 5.41) is 4.23. The Morgan fingerprint density at radius 1 is 1.16 bits per heavy atom. The van der Waals surface area contributed by atoms with Crippen molar-refractivity contribution in [2.45, 2.75) is 31.8 Å². The quantitative estimate of drug-likeness (QED) is 0.929. The summed E-state index contributed by atoms with van der Waals surface area (Å²) >= 11 is 0. The minimum absolute atomic E-state index is 0.144. The molecule has 0 fully saturated rings. The molecule has 6 heteroatoms. The molecule has 0 saturated carbocycles. The maximum atomic E-state index is 12.2. The van der Waals surface area contributed by atoms with Gasteiger partial charge >= 0.3 is 0 Å². The minimum Gasteiger partial charge on any atom is -0.221 e. The van der Waals surface area contributed by atoms with Gasteiger partial charge in [-0.1, -0.05) is 17.7 Å². The Kier molecular flexibility index (Phi) is 3.73. The van der Waals surface area contributed by atoms with Crippen molar-refractivity contribution in [1.82, 2.24) is 14.5 Å². The number of hydrogen-bond donors (Lipinski definition) is 1. The molecule has 0 aliphatic carbocycles.